The fourth-order valence-corrected chi connectivity index (χ4v) is 11.8. The van der Waals surface area contributed by atoms with Crippen molar-refractivity contribution in [2.24, 2.45) is 17.3 Å². The van der Waals surface area contributed by atoms with Crippen LogP contribution in [0, 0.1) is 17.3 Å². The zero-order chi connectivity index (χ0) is 25.8. The maximum absolute atomic E-state index is 13.2. The molecule has 9 unspecified atom stereocenters. The number of ether oxygens (including phenoxy) is 4. The summed E-state index contributed by atoms with van der Waals surface area (Å²) >= 11 is 0. The number of carbonyl (C=O) groups excluding carboxylic acids is 2. The van der Waals surface area contributed by atoms with Crippen molar-refractivity contribution in [3.05, 3.63) is 11.1 Å². The number of rotatable bonds is 7. The van der Waals surface area contributed by atoms with Gasteiger partial charge in [-0.25, -0.2) is 4.79 Å². The highest BCUT2D eigenvalue weighted by Gasteiger charge is 2.91. The molecule has 5 fully saturated rings. The minimum atomic E-state index is -1.21. The number of hydrogen-bond acceptors (Lipinski definition) is 9. The van der Waals surface area contributed by atoms with Gasteiger partial charge in [0.25, 0.3) is 0 Å². The molecule has 7 rings (SSSR count). The zero-order valence-corrected chi connectivity index (χ0v) is 23.6. The fraction of sp³-hybridized carbons (Fsp3) is 0.857. The van der Waals surface area contributed by atoms with E-state index >= 15 is 0 Å². The first-order chi connectivity index (χ1) is 17.7. The normalized spacial score (nSPS) is 49.0. The van der Waals surface area contributed by atoms with Crippen LogP contribution in [-0.2, 0) is 28.5 Å². The lowest BCUT2D eigenvalue weighted by atomic mass is 9.44. The number of aliphatic hydroxyl groups is 1. The van der Waals surface area contributed by atoms with E-state index in [9.17, 15) is 14.7 Å². The quantitative estimate of drug-likeness (QED) is 0.215. The monoisotopic (exact) mass is 550 g/mol. The van der Waals surface area contributed by atoms with E-state index in [0.29, 0.717) is 44.0 Å². The summed E-state index contributed by atoms with van der Waals surface area (Å²) < 4.78 is 24.7. The van der Waals surface area contributed by atoms with Gasteiger partial charge in [0, 0.05) is 34.8 Å². The highest BCUT2D eigenvalue weighted by atomic mass is 33.1. The van der Waals surface area contributed by atoms with Crippen LogP contribution in [0.1, 0.15) is 78.6 Å². The predicted molar refractivity (Wildman–Crippen MR) is 140 cm³/mol. The largest absolute Gasteiger partial charge is 0.458 e. The molecule has 7 nitrogen and oxygen atoms in total. The third-order valence-electron chi connectivity index (χ3n) is 11.0. The van der Waals surface area contributed by atoms with Crippen molar-refractivity contribution < 1.29 is 33.6 Å². The van der Waals surface area contributed by atoms with Gasteiger partial charge in [-0.2, -0.15) is 0 Å². The summed E-state index contributed by atoms with van der Waals surface area (Å²) in [6.45, 7) is 6.69. The van der Waals surface area contributed by atoms with Crippen LogP contribution in [0.2, 0.25) is 0 Å². The number of cyclic esters (lactones) is 1. The highest BCUT2D eigenvalue weighted by Crippen LogP contribution is 2.76. The number of unbranched alkanes of at least 4 members (excludes halogenated alkanes) is 1. The lowest BCUT2D eigenvalue weighted by Gasteiger charge is -2.60. The Bertz CT molecular complexity index is 1060. The Balaban J connectivity index is 1.14. The number of hydrogen-bond donors (Lipinski definition) is 1. The third kappa shape index (κ3) is 3.27. The molecule has 37 heavy (non-hydrogen) atoms. The molecule has 0 aromatic heterocycles. The van der Waals surface area contributed by atoms with Gasteiger partial charge in [0.1, 0.15) is 17.8 Å². The molecule has 1 N–H and O–H groups in total. The Morgan fingerprint density at radius 2 is 2.08 bits per heavy atom. The van der Waals surface area contributed by atoms with Crippen LogP contribution in [0.4, 0.5) is 0 Å². The van der Waals surface area contributed by atoms with E-state index in [-0.39, 0.29) is 36.0 Å². The molecule has 4 aliphatic heterocycles. The van der Waals surface area contributed by atoms with Crippen molar-refractivity contribution in [2.75, 3.05) is 12.4 Å². The second-order valence-corrected chi connectivity index (χ2v) is 15.6. The smallest absolute Gasteiger partial charge is 0.334 e. The minimum Gasteiger partial charge on any atom is -0.458 e. The van der Waals surface area contributed by atoms with Gasteiger partial charge in [-0.3, -0.25) is 4.79 Å². The van der Waals surface area contributed by atoms with Crippen molar-refractivity contribution in [3.8, 4) is 0 Å². The van der Waals surface area contributed by atoms with Gasteiger partial charge < -0.3 is 24.1 Å². The Morgan fingerprint density at radius 3 is 2.84 bits per heavy atom. The molecular weight excluding hydrogens is 512 g/mol. The molecule has 2 saturated carbocycles. The van der Waals surface area contributed by atoms with Crippen molar-refractivity contribution in [2.45, 2.75) is 119 Å². The minimum absolute atomic E-state index is 0.0154. The topological polar surface area (TPSA) is 97.9 Å². The van der Waals surface area contributed by atoms with Gasteiger partial charge in [0.05, 0.1) is 12.2 Å². The molecule has 9 heteroatoms. The van der Waals surface area contributed by atoms with E-state index in [4.69, 9.17) is 18.9 Å². The highest BCUT2D eigenvalue weighted by molar-refractivity contribution is 8.77. The molecule has 3 saturated heterocycles. The van der Waals surface area contributed by atoms with Crippen molar-refractivity contribution in [3.63, 3.8) is 0 Å². The summed E-state index contributed by atoms with van der Waals surface area (Å²) in [7, 11) is 3.93. The van der Waals surface area contributed by atoms with E-state index in [2.05, 4.69) is 20.8 Å². The second-order valence-electron chi connectivity index (χ2n) is 12.8. The van der Waals surface area contributed by atoms with Gasteiger partial charge in [-0.05, 0) is 55.9 Å². The lowest BCUT2D eigenvalue weighted by molar-refractivity contribution is -0.222. The van der Waals surface area contributed by atoms with Gasteiger partial charge >= 0.3 is 11.9 Å². The predicted octanol–water partition coefficient (Wildman–Crippen LogP) is 4.35. The van der Waals surface area contributed by atoms with E-state index < -0.39 is 28.3 Å². The third-order valence-corrected chi connectivity index (χ3v) is 14.0. The number of epoxide rings is 2. The van der Waals surface area contributed by atoms with Crippen molar-refractivity contribution >= 4 is 33.5 Å². The van der Waals surface area contributed by atoms with Crippen LogP contribution in [0.15, 0.2) is 11.1 Å². The van der Waals surface area contributed by atoms with Crippen LogP contribution >= 0.6 is 21.6 Å². The molecule has 204 valence electrons. The first-order valence-corrected chi connectivity index (χ1v) is 16.5. The first-order valence-electron chi connectivity index (χ1n) is 14.1. The molecule has 7 aliphatic rings. The lowest BCUT2D eigenvalue weighted by Crippen LogP contribution is -2.74. The van der Waals surface area contributed by atoms with Gasteiger partial charge in [-0.15, -0.1) is 0 Å². The van der Waals surface area contributed by atoms with E-state index in [1.54, 1.807) is 0 Å². The first kappa shape index (κ1) is 25.2. The molecular formula is C28H38O7S2. The Morgan fingerprint density at radius 1 is 1.24 bits per heavy atom. The Hall–Kier alpha value is -0.740. The van der Waals surface area contributed by atoms with Crippen molar-refractivity contribution in [1.82, 2.24) is 0 Å². The SMILES string of the molecule is CC(C)C12OC1CC1(O)C3(C)CCC4=C(COC4=O)C3CC3OC31C2OC(=O)CCCCC1CCSS1. The standard InChI is InChI=1S/C28H38O7S2/c1-15(2)27-21(34-27)13-26(31)25(3)10-8-17-18(14-32-23(17)30)19(25)12-20-28(26,35-20)24(27)33-22(29)7-5-4-6-16-9-11-36-37-16/h15-16,19-21,24,31H,4-14H2,1-3H3. The molecule has 4 heterocycles. The fourth-order valence-electron chi connectivity index (χ4n) is 8.79. The van der Waals surface area contributed by atoms with E-state index in [1.165, 1.54) is 12.2 Å². The van der Waals surface area contributed by atoms with Gasteiger partial charge in [-0.1, -0.05) is 48.8 Å². The van der Waals surface area contributed by atoms with Crippen LogP contribution in [0.25, 0.3) is 0 Å². The van der Waals surface area contributed by atoms with Gasteiger partial charge in [0.2, 0.25) is 0 Å². The van der Waals surface area contributed by atoms with Gasteiger partial charge in [0.15, 0.2) is 11.7 Å². The number of fused-ring (bicyclic) bond motifs is 4. The van der Waals surface area contributed by atoms with Crippen LogP contribution in [-0.4, -0.2) is 69.8 Å². The van der Waals surface area contributed by atoms with E-state index in [0.717, 1.165) is 30.4 Å². The summed E-state index contributed by atoms with van der Waals surface area (Å²) in [6.07, 6.45) is 6.07. The number of esters is 2. The summed E-state index contributed by atoms with van der Waals surface area (Å²) in [5, 5.41) is 13.4. The molecule has 0 aromatic rings. The maximum Gasteiger partial charge on any atom is 0.334 e. The molecule has 1 spiro atoms. The summed E-state index contributed by atoms with van der Waals surface area (Å²) in [4.78, 5) is 25.6. The molecule has 0 radical (unpaired) electrons. The second kappa shape index (κ2) is 8.38. The molecule has 0 aromatic carbocycles. The maximum atomic E-state index is 13.2. The average molecular weight is 551 g/mol. The number of carbonyl (C=O) groups is 2. The summed E-state index contributed by atoms with van der Waals surface area (Å²) in [5.41, 5.74) is -1.44. The van der Waals surface area contributed by atoms with E-state index in [1.807, 2.05) is 21.6 Å². The average Bonchev–Trinajstić information content (AvgIpc) is 3.63. The Labute approximate surface area is 226 Å². The molecule has 3 aliphatic carbocycles. The molecule has 0 amide bonds. The van der Waals surface area contributed by atoms with Crippen LogP contribution in [0.5, 0.6) is 0 Å². The van der Waals surface area contributed by atoms with Crippen molar-refractivity contribution in [1.29, 1.82) is 0 Å². The van der Waals surface area contributed by atoms with Crippen LogP contribution < -0.4 is 0 Å². The zero-order valence-electron chi connectivity index (χ0n) is 22.0. The van der Waals surface area contributed by atoms with Crippen LogP contribution in [0.3, 0.4) is 0 Å². The molecule has 0 bridgehead atoms. The summed E-state index contributed by atoms with van der Waals surface area (Å²) in [5.74, 6) is 0.953. The molecule has 9 atom stereocenters. The summed E-state index contributed by atoms with van der Waals surface area (Å²) in [6, 6.07) is 0. The Kier molecular flexibility index (Phi) is 5.72.